The van der Waals surface area contributed by atoms with Gasteiger partial charge in [0.2, 0.25) is 0 Å². The Morgan fingerprint density at radius 1 is 1.27 bits per heavy atom. The fourth-order valence-corrected chi connectivity index (χ4v) is 3.26. The number of aliphatic carboxylic acids is 1. The van der Waals surface area contributed by atoms with E-state index in [9.17, 15) is 9.59 Å². The number of aryl methyl sites for hydroxylation is 1. The lowest BCUT2D eigenvalue weighted by atomic mass is 9.98. The number of likely N-dealkylation sites (tertiary alicyclic amines) is 1. The summed E-state index contributed by atoms with van der Waals surface area (Å²) >= 11 is 0. The molecule has 6 heteroatoms. The van der Waals surface area contributed by atoms with Crippen molar-refractivity contribution in [3.8, 4) is 5.75 Å². The minimum atomic E-state index is -1.05. The second-order valence-electron chi connectivity index (χ2n) is 6.38. The first-order valence-electron chi connectivity index (χ1n) is 8.92. The van der Waals surface area contributed by atoms with Crippen molar-refractivity contribution in [3.05, 3.63) is 53.5 Å². The third-order valence-corrected chi connectivity index (χ3v) is 4.57. The normalized spacial score (nSPS) is 17.1. The van der Waals surface area contributed by atoms with Gasteiger partial charge in [-0.25, -0.2) is 4.79 Å². The minimum absolute atomic E-state index is 0.0693. The number of hydrogen-bond donors (Lipinski definition) is 1. The van der Waals surface area contributed by atoms with Crippen LogP contribution >= 0.6 is 0 Å². The van der Waals surface area contributed by atoms with Gasteiger partial charge in [0.1, 0.15) is 17.3 Å². The van der Waals surface area contributed by atoms with Gasteiger partial charge in [0.25, 0.3) is 5.91 Å². The Balaban J connectivity index is 1.80. The summed E-state index contributed by atoms with van der Waals surface area (Å²) in [5.41, 5.74) is 0.488. The monoisotopic (exact) mass is 357 g/mol. The number of amides is 1. The van der Waals surface area contributed by atoms with Crippen molar-refractivity contribution in [2.24, 2.45) is 0 Å². The molecule has 1 N–H and O–H groups in total. The SMILES string of the molecule is CCc1ccc(C2CCCCN2C(=O)c2cccc(OCC(=O)O)c2)o1. The highest BCUT2D eigenvalue weighted by atomic mass is 16.5. The Morgan fingerprint density at radius 3 is 2.85 bits per heavy atom. The predicted molar refractivity (Wildman–Crippen MR) is 95.3 cm³/mol. The van der Waals surface area contributed by atoms with Gasteiger partial charge in [0, 0.05) is 18.5 Å². The lowest BCUT2D eigenvalue weighted by Crippen LogP contribution is -2.38. The Bertz CT molecular complexity index is 782. The quantitative estimate of drug-likeness (QED) is 0.853. The molecule has 2 heterocycles. The van der Waals surface area contributed by atoms with E-state index in [2.05, 4.69) is 0 Å². The first kappa shape index (κ1) is 18.0. The van der Waals surface area contributed by atoms with Crippen LogP contribution in [-0.4, -0.2) is 35.0 Å². The highest BCUT2D eigenvalue weighted by Gasteiger charge is 2.31. The van der Waals surface area contributed by atoms with Gasteiger partial charge in [0.05, 0.1) is 6.04 Å². The Hall–Kier alpha value is -2.76. The third-order valence-electron chi connectivity index (χ3n) is 4.57. The molecule has 0 spiro atoms. The lowest BCUT2D eigenvalue weighted by molar-refractivity contribution is -0.139. The molecule has 26 heavy (non-hydrogen) atoms. The number of hydrogen-bond acceptors (Lipinski definition) is 4. The minimum Gasteiger partial charge on any atom is -0.482 e. The van der Waals surface area contributed by atoms with Crippen molar-refractivity contribution in [3.63, 3.8) is 0 Å². The summed E-state index contributed by atoms with van der Waals surface area (Å²) in [6, 6.07) is 10.5. The number of carbonyl (C=O) groups excluding carboxylic acids is 1. The Kier molecular flexibility index (Phi) is 5.61. The number of nitrogens with zero attached hydrogens (tertiary/aromatic N) is 1. The van der Waals surface area contributed by atoms with Crippen LogP contribution < -0.4 is 4.74 Å². The third kappa shape index (κ3) is 4.07. The molecule has 6 nitrogen and oxygen atoms in total. The zero-order valence-electron chi connectivity index (χ0n) is 14.8. The van der Waals surface area contributed by atoms with E-state index in [0.29, 0.717) is 17.9 Å². The van der Waals surface area contributed by atoms with E-state index in [4.69, 9.17) is 14.3 Å². The van der Waals surface area contributed by atoms with Gasteiger partial charge in [-0.05, 0) is 49.6 Å². The van der Waals surface area contributed by atoms with E-state index in [1.54, 1.807) is 24.3 Å². The molecule has 1 aliphatic rings. The lowest BCUT2D eigenvalue weighted by Gasteiger charge is -2.34. The van der Waals surface area contributed by atoms with Crippen molar-refractivity contribution in [1.82, 2.24) is 4.90 Å². The molecule has 2 aromatic rings. The zero-order valence-corrected chi connectivity index (χ0v) is 14.8. The van der Waals surface area contributed by atoms with Crippen LogP contribution in [0.4, 0.5) is 0 Å². The average Bonchev–Trinajstić information content (AvgIpc) is 3.15. The summed E-state index contributed by atoms with van der Waals surface area (Å²) in [5.74, 6) is 0.973. The first-order valence-corrected chi connectivity index (χ1v) is 8.92. The molecule has 1 aromatic heterocycles. The van der Waals surface area contributed by atoms with Crippen LogP contribution in [0.2, 0.25) is 0 Å². The second-order valence-corrected chi connectivity index (χ2v) is 6.38. The molecule has 1 fully saturated rings. The maximum Gasteiger partial charge on any atom is 0.341 e. The van der Waals surface area contributed by atoms with E-state index >= 15 is 0 Å². The molecule has 1 unspecified atom stereocenters. The van der Waals surface area contributed by atoms with Gasteiger partial charge in [-0.15, -0.1) is 0 Å². The number of piperidine rings is 1. The molecule has 0 bridgehead atoms. The highest BCUT2D eigenvalue weighted by molar-refractivity contribution is 5.95. The van der Waals surface area contributed by atoms with Gasteiger partial charge in [0.15, 0.2) is 6.61 Å². The number of furan rings is 1. The van der Waals surface area contributed by atoms with Crippen LogP contribution in [0, 0.1) is 0 Å². The molecule has 0 radical (unpaired) electrons. The summed E-state index contributed by atoms with van der Waals surface area (Å²) in [4.78, 5) is 25.6. The summed E-state index contributed by atoms with van der Waals surface area (Å²) in [6.07, 6.45) is 3.71. The molecule has 0 saturated carbocycles. The van der Waals surface area contributed by atoms with Crippen molar-refractivity contribution < 1.29 is 23.8 Å². The number of carbonyl (C=O) groups is 2. The topological polar surface area (TPSA) is 80.0 Å². The van der Waals surface area contributed by atoms with E-state index in [1.165, 1.54) is 0 Å². The van der Waals surface area contributed by atoms with Gasteiger partial charge >= 0.3 is 5.97 Å². The summed E-state index contributed by atoms with van der Waals surface area (Å²) in [5, 5.41) is 8.73. The number of rotatable bonds is 6. The predicted octanol–water partition coefficient (Wildman–Crippen LogP) is 3.67. The van der Waals surface area contributed by atoms with E-state index in [1.807, 2.05) is 24.0 Å². The summed E-state index contributed by atoms with van der Waals surface area (Å²) in [6.45, 7) is 2.27. The highest BCUT2D eigenvalue weighted by Crippen LogP contribution is 2.33. The average molecular weight is 357 g/mol. The fourth-order valence-electron chi connectivity index (χ4n) is 3.26. The van der Waals surface area contributed by atoms with Gasteiger partial charge in [-0.1, -0.05) is 13.0 Å². The largest absolute Gasteiger partial charge is 0.482 e. The molecule has 138 valence electrons. The summed E-state index contributed by atoms with van der Waals surface area (Å²) in [7, 11) is 0. The molecule has 1 atom stereocenters. The number of carboxylic acid groups (broad SMARTS) is 1. The molecule has 3 rings (SSSR count). The van der Waals surface area contributed by atoms with Crippen molar-refractivity contribution >= 4 is 11.9 Å². The molecule has 0 aliphatic carbocycles. The van der Waals surface area contributed by atoms with Crippen molar-refractivity contribution in [1.29, 1.82) is 0 Å². The number of ether oxygens (including phenoxy) is 1. The van der Waals surface area contributed by atoms with Gasteiger partial charge in [-0.2, -0.15) is 0 Å². The Labute approximate surface area is 152 Å². The van der Waals surface area contributed by atoms with Crippen LogP contribution in [0.25, 0.3) is 0 Å². The standard InChI is InChI=1S/C20H23NO5/c1-2-15-9-10-18(26-15)17-8-3-4-11-21(17)20(24)14-6-5-7-16(12-14)25-13-19(22)23/h5-7,9-10,12,17H,2-4,8,11,13H2,1H3,(H,22,23). The van der Waals surface area contributed by atoms with Gasteiger partial charge in [-0.3, -0.25) is 4.79 Å². The first-order chi connectivity index (χ1) is 12.6. The molecular weight excluding hydrogens is 334 g/mol. The van der Waals surface area contributed by atoms with E-state index in [0.717, 1.165) is 37.2 Å². The fraction of sp³-hybridized carbons (Fsp3) is 0.400. The maximum atomic E-state index is 13.1. The summed E-state index contributed by atoms with van der Waals surface area (Å²) < 4.78 is 11.1. The number of carboxylic acids is 1. The van der Waals surface area contributed by atoms with E-state index in [-0.39, 0.29) is 11.9 Å². The zero-order chi connectivity index (χ0) is 18.5. The smallest absolute Gasteiger partial charge is 0.341 e. The van der Waals surface area contributed by atoms with E-state index < -0.39 is 12.6 Å². The van der Waals surface area contributed by atoms with Crippen LogP contribution in [0.15, 0.2) is 40.8 Å². The van der Waals surface area contributed by atoms with Crippen LogP contribution in [0.3, 0.4) is 0 Å². The van der Waals surface area contributed by atoms with Crippen LogP contribution in [0.5, 0.6) is 5.75 Å². The molecule has 1 aliphatic heterocycles. The maximum absolute atomic E-state index is 13.1. The molecule has 1 amide bonds. The second kappa shape index (κ2) is 8.08. The molecular formula is C20H23NO5. The van der Waals surface area contributed by atoms with Gasteiger partial charge < -0.3 is 19.2 Å². The van der Waals surface area contributed by atoms with Crippen LogP contribution in [0.1, 0.15) is 54.1 Å². The van der Waals surface area contributed by atoms with Crippen LogP contribution in [-0.2, 0) is 11.2 Å². The molecule has 1 aromatic carbocycles. The number of benzene rings is 1. The molecule has 1 saturated heterocycles. The van der Waals surface area contributed by atoms with Crippen molar-refractivity contribution in [2.45, 2.75) is 38.6 Å². The van der Waals surface area contributed by atoms with Crippen molar-refractivity contribution in [2.75, 3.05) is 13.2 Å². The Morgan fingerprint density at radius 2 is 2.12 bits per heavy atom.